The van der Waals surface area contributed by atoms with Crippen molar-refractivity contribution in [2.24, 2.45) is 0 Å². The predicted molar refractivity (Wildman–Crippen MR) is 107 cm³/mol. The molecule has 0 aromatic heterocycles. The van der Waals surface area contributed by atoms with E-state index < -0.39 is 11.6 Å². The molecule has 1 aromatic rings. The van der Waals surface area contributed by atoms with E-state index in [1.54, 1.807) is 6.07 Å². The lowest BCUT2D eigenvalue weighted by molar-refractivity contribution is 0.0144. The lowest BCUT2D eigenvalue weighted by Gasteiger charge is -2.36. The van der Waals surface area contributed by atoms with Crippen LogP contribution < -0.4 is 0 Å². The molecule has 0 saturated carbocycles. The van der Waals surface area contributed by atoms with Crippen molar-refractivity contribution in [3.05, 3.63) is 35.4 Å². The normalized spacial score (nSPS) is 21.3. The molecule has 0 amide bonds. The van der Waals surface area contributed by atoms with Crippen molar-refractivity contribution < 1.29 is 13.5 Å². The quantitative estimate of drug-likeness (QED) is 0.719. The third kappa shape index (κ3) is 5.99. The molecule has 0 N–H and O–H groups in total. The van der Waals surface area contributed by atoms with E-state index >= 15 is 0 Å². The van der Waals surface area contributed by atoms with Crippen LogP contribution in [0, 0.1) is 23.5 Å². The summed E-state index contributed by atoms with van der Waals surface area (Å²) < 4.78 is 33.0. The Morgan fingerprint density at radius 1 is 1.07 bits per heavy atom. The van der Waals surface area contributed by atoms with E-state index in [1.165, 1.54) is 6.07 Å². The molecule has 0 radical (unpaired) electrons. The molecule has 4 nitrogen and oxygen atoms in total. The Kier molecular flexibility index (Phi) is 7.81. The molecular formula is C22H31F2N3O. The minimum atomic E-state index is -0.533. The van der Waals surface area contributed by atoms with Crippen LogP contribution in [0.25, 0.3) is 0 Å². The molecule has 1 unspecified atom stereocenters. The third-order valence-corrected chi connectivity index (χ3v) is 5.85. The van der Waals surface area contributed by atoms with Crippen molar-refractivity contribution in [1.29, 1.82) is 0 Å². The first-order chi connectivity index (χ1) is 13.5. The molecule has 2 saturated heterocycles. The van der Waals surface area contributed by atoms with E-state index in [9.17, 15) is 8.78 Å². The molecule has 6 heteroatoms. The summed E-state index contributed by atoms with van der Waals surface area (Å²) in [6.07, 6.45) is 2.03. The van der Waals surface area contributed by atoms with Gasteiger partial charge in [0.25, 0.3) is 0 Å². The van der Waals surface area contributed by atoms with Gasteiger partial charge >= 0.3 is 0 Å². The fourth-order valence-corrected chi connectivity index (χ4v) is 3.85. The van der Waals surface area contributed by atoms with Crippen LogP contribution in [0.2, 0.25) is 0 Å². The highest BCUT2D eigenvalue weighted by Crippen LogP contribution is 2.27. The minimum Gasteiger partial charge on any atom is -0.365 e. The van der Waals surface area contributed by atoms with Crippen molar-refractivity contribution in [3.63, 3.8) is 0 Å². The first-order valence-electron chi connectivity index (χ1n) is 10.2. The van der Waals surface area contributed by atoms with Crippen LogP contribution in [0.1, 0.15) is 31.4 Å². The van der Waals surface area contributed by atoms with Crippen molar-refractivity contribution >= 4 is 0 Å². The van der Waals surface area contributed by atoms with Crippen LogP contribution in [0.3, 0.4) is 0 Å². The maximum Gasteiger partial charge on any atom is 0.130 e. The third-order valence-electron chi connectivity index (χ3n) is 5.85. The van der Waals surface area contributed by atoms with E-state index in [0.717, 1.165) is 64.7 Å². The maximum atomic E-state index is 14.0. The van der Waals surface area contributed by atoms with Gasteiger partial charge in [0, 0.05) is 56.9 Å². The molecule has 2 fully saturated rings. The summed E-state index contributed by atoms with van der Waals surface area (Å²) in [5.41, 5.74) is 0.551. The van der Waals surface area contributed by atoms with Crippen LogP contribution >= 0.6 is 0 Å². The number of hydrogen-bond donors (Lipinski definition) is 0. The molecular weight excluding hydrogens is 360 g/mol. The topological polar surface area (TPSA) is 19.0 Å². The van der Waals surface area contributed by atoms with E-state index in [4.69, 9.17) is 4.74 Å². The molecule has 0 aliphatic carbocycles. The second-order valence-electron chi connectivity index (χ2n) is 7.82. The van der Waals surface area contributed by atoms with Gasteiger partial charge in [0.05, 0.1) is 12.6 Å². The number of hydrogen-bond acceptors (Lipinski definition) is 4. The van der Waals surface area contributed by atoms with Crippen LogP contribution in [-0.2, 0) is 4.74 Å². The maximum absolute atomic E-state index is 14.0. The number of likely N-dealkylation sites (tertiary alicyclic amines) is 1. The van der Waals surface area contributed by atoms with Crippen molar-refractivity contribution in [2.75, 3.05) is 59.5 Å². The lowest BCUT2D eigenvalue weighted by Crippen LogP contribution is -2.44. The summed E-state index contributed by atoms with van der Waals surface area (Å²) in [4.78, 5) is 6.95. The Morgan fingerprint density at radius 3 is 2.46 bits per heavy atom. The van der Waals surface area contributed by atoms with Gasteiger partial charge in [-0.3, -0.25) is 9.80 Å². The zero-order valence-electron chi connectivity index (χ0n) is 17.0. The number of rotatable bonds is 5. The zero-order chi connectivity index (χ0) is 19.9. The van der Waals surface area contributed by atoms with Crippen LogP contribution in [0.15, 0.2) is 18.2 Å². The number of piperazine rings is 1. The fraction of sp³-hybridized carbons (Fsp3) is 0.636. The van der Waals surface area contributed by atoms with E-state index in [-0.39, 0.29) is 12.1 Å². The summed E-state index contributed by atoms with van der Waals surface area (Å²) in [7, 11) is 2.15. The highest BCUT2D eigenvalue weighted by molar-refractivity contribution is 5.22. The molecule has 0 bridgehead atoms. The Morgan fingerprint density at radius 2 is 1.79 bits per heavy atom. The lowest BCUT2D eigenvalue weighted by atomic mass is 10.0. The van der Waals surface area contributed by atoms with Crippen LogP contribution in [0.5, 0.6) is 0 Å². The number of benzene rings is 1. The molecule has 2 aliphatic heterocycles. The highest BCUT2D eigenvalue weighted by Gasteiger charge is 2.25. The molecule has 2 aliphatic rings. The Bertz CT molecular complexity index is 687. The second-order valence-corrected chi connectivity index (χ2v) is 7.82. The van der Waals surface area contributed by atoms with Gasteiger partial charge in [0.15, 0.2) is 0 Å². The smallest absolute Gasteiger partial charge is 0.130 e. The number of piperidine rings is 1. The van der Waals surface area contributed by atoms with Crippen molar-refractivity contribution in [2.45, 2.75) is 31.9 Å². The number of nitrogens with zero attached hydrogens (tertiary/aromatic N) is 3. The van der Waals surface area contributed by atoms with Gasteiger partial charge in [0.2, 0.25) is 0 Å². The van der Waals surface area contributed by atoms with Crippen LogP contribution in [-0.4, -0.2) is 80.3 Å². The van der Waals surface area contributed by atoms with Gasteiger partial charge in [-0.1, -0.05) is 17.9 Å². The van der Waals surface area contributed by atoms with E-state index in [1.807, 2.05) is 6.92 Å². The molecule has 0 spiro atoms. The predicted octanol–water partition coefficient (Wildman–Crippen LogP) is 2.76. The van der Waals surface area contributed by atoms with E-state index in [0.29, 0.717) is 12.2 Å². The van der Waals surface area contributed by atoms with Gasteiger partial charge in [-0.2, -0.15) is 0 Å². The van der Waals surface area contributed by atoms with Gasteiger partial charge in [-0.25, -0.2) is 8.78 Å². The average molecular weight is 392 g/mol. The van der Waals surface area contributed by atoms with Gasteiger partial charge < -0.3 is 9.64 Å². The standard InChI is InChI=1S/C22H31F2N3O/c1-18(21-6-5-19(23)17-22(21)24)27-10-7-20(8-11-27)28-16-4-3-9-26-14-12-25(2)13-15-26/h5-6,17-18,20H,7-16H2,1-2H3. The Labute approximate surface area is 167 Å². The summed E-state index contributed by atoms with van der Waals surface area (Å²) in [5.74, 6) is 5.35. The number of halogens is 2. The Hall–Kier alpha value is -1.52. The molecule has 3 rings (SSSR count). The summed E-state index contributed by atoms with van der Waals surface area (Å²) in [5, 5.41) is 0. The molecule has 154 valence electrons. The SMILES string of the molecule is CC(c1ccc(F)cc1F)N1CCC(OCC#CCN2CCN(C)CC2)CC1. The largest absolute Gasteiger partial charge is 0.365 e. The molecule has 1 atom stereocenters. The van der Waals surface area contributed by atoms with Gasteiger partial charge in [-0.05, 0) is 32.9 Å². The number of likely N-dealkylation sites (N-methyl/N-ethyl adjacent to an activating group) is 1. The highest BCUT2D eigenvalue weighted by atomic mass is 19.1. The fourth-order valence-electron chi connectivity index (χ4n) is 3.85. The summed E-state index contributed by atoms with van der Waals surface area (Å²) in [6.45, 7) is 9.33. The minimum absolute atomic E-state index is 0.0649. The molecule has 28 heavy (non-hydrogen) atoms. The van der Waals surface area contributed by atoms with Gasteiger partial charge in [0.1, 0.15) is 18.2 Å². The Balaban J connectivity index is 1.36. The number of ether oxygens (including phenoxy) is 1. The monoisotopic (exact) mass is 391 g/mol. The molecule has 2 heterocycles. The first kappa shape index (κ1) is 21.2. The van der Waals surface area contributed by atoms with Crippen LogP contribution in [0.4, 0.5) is 8.78 Å². The second kappa shape index (κ2) is 10.3. The average Bonchev–Trinajstić information content (AvgIpc) is 2.69. The summed E-state index contributed by atoms with van der Waals surface area (Å²) >= 11 is 0. The first-order valence-corrected chi connectivity index (χ1v) is 10.2. The van der Waals surface area contributed by atoms with Crippen molar-refractivity contribution in [1.82, 2.24) is 14.7 Å². The summed E-state index contributed by atoms with van der Waals surface area (Å²) in [6, 6.07) is 3.77. The molecule has 1 aromatic carbocycles. The zero-order valence-corrected chi connectivity index (χ0v) is 17.0. The van der Waals surface area contributed by atoms with E-state index in [2.05, 4.69) is 33.6 Å². The van der Waals surface area contributed by atoms with Crippen molar-refractivity contribution in [3.8, 4) is 11.8 Å². The van der Waals surface area contributed by atoms with Gasteiger partial charge in [-0.15, -0.1) is 0 Å².